The molecule has 0 aliphatic heterocycles. The Bertz CT molecular complexity index is 624. The Morgan fingerprint density at radius 3 is 2.00 bits per heavy atom. The molecule has 19 heavy (non-hydrogen) atoms. The minimum Gasteiger partial charge on any atom is -0.297 e. The van der Waals surface area contributed by atoms with Gasteiger partial charge in [0.15, 0.2) is 0 Å². The summed E-state index contributed by atoms with van der Waals surface area (Å²) in [5, 5.41) is 0.164. The van der Waals surface area contributed by atoms with E-state index < -0.39 is 5.69 Å². The SMILES string of the molecule is CC(C)c1c(Cl)[nH]c(=O)n(C2C(C)(C)C2(C)C)c1=O. The van der Waals surface area contributed by atoms with Crippen molar-refractivity contribution in [3.63, 3.8) is 0 Å². The van der Waals surface area contributed by atoms with Crippen molar-refractivity contribution >= 4 is 11.6 Å². The molecule has 0 radical (unpaired) electrons. The lowest BCUT2D eigenvalue weighted by atomic mass is 10.0. The Kier molecular flexibility index (Phi) is 3.01. The monoisotopic (exact) mass is 284 g/mol. The van der Waals surface area contributed by atoms with Crippen molar-refractivity contribution in [2.75, 3.05) is 0 Å². The van der Waals surface area contributed by atoms with E-state index in [-0.39, 0.29) is 33.5 Å². The predicted octanol–water partition coefficient (Wildman–Crippen LogP) is 2.92. The molecule has 2 rings (SSSR count). The molecule has 1 saturated carbocycles. The summed E-state index contributed by atoms with van der Waals surface area (Å²) in [5.41, 5.74) is -0.340. The lowest BCUT2D eigenvalue weighted by Crippen LogP contribution is -2.38. The van der Waals surface area contributed by atoms with Crippen LogP contribution in [0.15, 0.2) is 9.59 Å². The predicted molar refractivity (Wildman–Crippen MR) is 77.0 cm³/mol. The van der Waals surface area contributed by atoms with E-state index in [0.29, 0.717) is 5.56 Å². The van der Waals surface area contributed by atoms with Gasteiger partial charge in [0.1, 0.15) is 5.15 Å². The quantitative estimate of drug-likeness (QED) is 0.849. The van der Waals surface area contributed by atoms with Gasteiger partial charge in [-0.3, -0.25) is 14.3 Å². The van der Waals surface area contributed by atoms with E-state index in [1.165, 1.54) is 4.57 Å². The summed E-state index contributed by atoms with van der Waals surface area (Å²) in [6, 6.07) is -0.0917. The van der Waals surface area contributed by atoms with Crippen molar-refractivity contribution in [3.05, 3.63) is 31.6 Å². The molecule has 106 valence electrons. The number of aromatic amines is 1. The molecule has 5 heteroatoms. The number of nitrogens with one attached hydrogen (secondary N) is 1. The fraction of sp³-hybridized carbons (Fsp3) is 0.714. The van der Waals surface area contributed by atoms with Crippen LogP contribution < -0.4 is 11.2 Å². The van der Waals surface area contributed by atoms with Crippen molar-refractivity contribution in [2.24, 2.45) is 10.8 Å². The molecule has 1 aliphatic carbocycles. The van der Waals surface area contributed by atoms with Crippen LogP contribution in [0.3, 0.4) is 0 Å². The highest BCUT2D eigenvalue weighted by Crippen LogP contribution is 2.70. The summed E-state index contributed by atoms with van der Waals surface area (Å²) < 4.78 is 1.35. The van der Waals surface area contributed by atoms with Crippen LogP contribution in [0.5, 0.6) is 0 Å². The largest absolute Gasteiger partial charge is 0.329 e. The maximum Gasteiger partial charge on any atom is 0.329 e. The van der Waals surface area contributed by atoms with E-state index in [0.717, 1.165) is 0 Å². The van der Waals surface area contributed by atoms with Crippen LogP contribution in [-0.2, 0) is 0 Å². The third-order valence-electron chi connectivity index (χ3n) is 4.90. The highest BCUT2D eigenvalue weighted by molar-refractivity contribution is 6.30. The van der Waals surface area contributed by atoms with Crippen LogP contribution >= 0.6 is 11.6 Å². The Morgan fingerprint density at radius 2 is 1.63 bits per heavy atom. The minimum absolute atomic E-state index is 0.0203. The summed E-state index contributed by atoms with van der Waals surface area (Å²) in [6.07, 6.45) is 0. The zero-order valence-corrected chi connectivity index (χ0v) is 13.1. The molecule has 1 aromatic heterocycles. The van der Waals surface area contributed by atoms with Crippen molar-refractivity contribution in [3.8, 4) is 0 Å². The van der Waals surface area contributed by atoms with E-state index in [2.05, 4.69) is 32.7 Å². The number of hydrogen-bond donors (Lipinski definition) is 1. The molecule has 0 spiro atoms. The van der Waals surface area contributed by atoms with E-state index in [1.807, 2.05) is 13.8 Å². The van der Waals surface area contributed by atoms with Gasteiger partial charge in [-0.15, -0.1) is 0 Å². The lowest BCUT2D eigenvalue weighted by molar-refractivity contribution is 0.457. The van der Waals surface area contributed by atoms with Crippen molar-refractivity contribution < 1.29 is 0 Å². The van der Waals surface area contributed by atoms with Gasteiger partial charge in [-0.25, -0.2) is 4.79 Å². The Morgan fingerprint density at radius 1 is 1.16 bits per heavy atom. The molecular weight excluding hydrogens is 264 g/mol. The number of rotatable bonds is 2. The second kappa shape index (κ2) is 3.98. The van der Waals surface area contributed by atoms with Crippen LogP contribution in [0.1, 0.15) is 59.1 Å². The summed E-state index contributed by atoms with van der Waals surface area (Å²) in [5.74, 6) is -0.0203. The number of nitrogens with zero attached hydrogens (tertiary/aromatic N) is 1. The van der Waals surface area contributed by atoms with E-state index in [4.69, 9.17) is 11.6 Å². The first-order chi connectivity index (χ1) is 8.53. The van der Waals surface area contributed by atoms with Gasteiger partial charge in [-0.05, 0) is 16.7 Å². The fourth-order valence-electron chi connectivity index (χ4n) is 3.08. The Labute approximate surface area is 117 Å². The van der Waals surface area contributed by atoms with Gasteiger partial charge in [0.2, 0.25) is 0 Å². The zero-order chi connectivity index (χ0) is 14.7. The minimum atomic E-state index is -0.414. The molecule has 0 saturated heterocycles. The van der Waals surface area contributed by atoms with Crippen molar-refractivity contribution in [1.82, 2.24) is 9.55 Å². The topological polar surface area (TPSA) is 54.9 Å². The smallest absolute Gasteiger partial charge is 0.297 e. The van der Waals surface area contributed by atoms with Gasteiger partial charge >= 0.3 is 5.69 Å². The maximum absolute atomic E-state index is 12.6. The first-order valence-corrected chi connectivity index (χ1v) is 6.95. The summed E-state index contributed by atoms with van der Waals surface area (Å²) in [4.78, 5) is 27.3. The summed E-state index contributed by atoms with van der Waals surface area (Å²) in [6.45, 7) is 12.1. The summed E-state index contributed by atoms with van der Waals surface area (Å²) in [7, 11) is 0. The first-order valence-electron chi connectivity index (χ1n) is 6.57. The molecular formula is C14H21ClN2O2. The van der Waals surface area contributed by atoms with E-state index >= 15 is 0 Å². The van der Waals surface area contributed by atoms with Crippen LogP contribution in [0, 0.1) is 10.8 Å². The number of aromatic nitrogens is 2. The lowest BCUT2D eigenvalue weighted by Gasteiger charge is -2.12. The fourth-order valence-corrected chi connectivity index (χ4v) is 3.46. The molecule has 0 amide bonds. The van der Waals surface area contributed by atoms with Crippen LogP contribution in [-0.4, -0.2) is 9.55 Å². The van der Waals surface area contributed by atoms with Crippen LogP contribution in [0.2, 0.25) is 5.15 Å². The standard InChI is InChI=1S/C14H21ClN2O2/c1-7(2)8-9(15)16-12(19)17(10(8)18)11-13(3,4)14(11,5)6/h7,11H,1-6H3,(H,16,19). The zero-order valence-electron chi connectivity index (χ0n) is 12.3. The van der Waals surface area contributed by atoms with Gasteiger partial charge in [-0.1, -0.05) is 53.1 Å². The molecule has 0 unspecified atom stereocenters. The Balaban J connectivity index is 2.72. The number of halogens is 1. The van der Waals surface area contributed by atoms with Gasteiger partial charge in [0, 0.05) is 0 Å². The van der Waals surface area contributed by atoms with E-state index in [1.54, 1.807) is 0 Å². The molecule has 0 bridgehead atoms. The van der Waals surface area contributed by atoms with Gasteiger partial charge in [0.05, 0.1) is 11.6 Å². The van der Waals surface area contributed by atoms with Gasteiger partial charge in [-0.2, -0.15) is 0 Å². The van der Waals surface area contributed by atoms with Crippen LogP contribution in [0.4, 0.5) is 0 Å². The second-order valence-corrected chi connectivity index (χ2v) is 7.21. The number of H-pyrrole nitrogens is 1. The molecule has 1 fully saturated rings. The van der Waals surface area contributed by atoms with Gasteiger partial charge < -0.3 is 0 Å². The normalized spacial score (nSPS) is 20.8. The number of hydrogen-bond acceptors (Lipinski definition) is 2. The molecule has 0 atom stereocenters. The Hall–Kier alpha value is -1.03. The molecule has 0 aromatic carbocycles. The highest BCUT2D eigenvalue weighted by Gasteiger charge is 2.66. The van der Waals surface area contributed by atoms with Crippen molar-refractivity contribution in [1.29, 1.82) is 0 Å². The van der Waals surface area contributed by atoms with Crippen LogP contribution in [0.25, 0.3) is 0 Å². The summed E-state index contributed by atoms with van der Waals surface area (Å²) >= 11 is 6.00. The molecule has 1 aromatic rings. The molecule has 4 nitrogen and oxygen atoms in total. The average Bonchev–Trinajstić information content (AvgIpc) is 2.59. The first kappa shape index (κ1) is 14.4. The third-order valence-corrected chi connectivity index (χ3v) is 5.20. The molecule has 1 N–H and O–H groups in total. The third kappa shape index (κ3) is 1.80. The van der Waals surface area contributed by atoms with Gasteiger partial charge in [0.25, 0.3) is 5.56 Å². The van der Waals surface area contributed by atoms with E-state index in [9.17, 15) is 9.59 Å². The average molecular weight is 285 g/mol. The second-order valence-electron chi connectivity index (χ2n) is 6.83. The molecule has 1 heterocycles. The highest BCUT2D eigenvalue weighted by atomic mass is 35.5. The maximum atomic E-state index is 12.6. The van der Waals surface area contributed by atoms with Crippen molar-refractivity contribution in [2.45, 2.75) is 53.5 Å². The molecule has 1 aliphatic rings.